The molecule has 2 aromatic rings. The van der Waals surface area contributed by atoms with Crippen LogP contribution in [0.4, 0.5) is 0 Å². The van der Waals surface area contributed by atoms with Gasteiger partial charge in [-0.05, 0) is 25.5 Å². The third-order valence-electron chi connectivity index (χ3n) is 4.82. The summed E-state index contributed by atoms with van der Waals surface area (Å²) in [5.74, 6) is 0.173. The summed E-state index contributed by atoms with van der Waals surface area (Å²) in [4.78, 5) is 17.4. The van der Waals surface area contributed by atoms with Crippen molar-refractivity contribution in [1.82, 2.24) is 9.80 Å². The third kappa shape index (κ3) is 2.39. The van der Waals surface area contributed by atoms with E-state index >= 15 is 0 Å². The first-order valence-corrected chi connectivity index (χ1v) is 7.77. The number of fused-ring (bicyclic) bond motifs is 2. The van der Waals surface area contributed by atoms with Crippen LogP contribution in [0.15, 0.2) is 34.9 Å². The van der Waals surface area contributed by atoms with Gasteiger partial charge in [0.25, 0.3) is 0 Å². The number of furan rings is 1. The van der Waals surface area contributed by atoms with Crippen LogP contribution in [0, 0.1) is 0 Å². The number of piperazine rings is 1. The summed E-state index contributed by atoms with van der Waals surface area (Å²) in [6.07, 6.45) is 4.19. The van der Waals surface area contributed by atoms with Crippen molar-refractivity contribution in [3.05, 3.63) is 36.1 Å². The van der Waals surface area contributed by atoms with Crippen molar-refractivity contribution in [2.24, 2.45) is 0 Å². The molecule has 1 aromatic carbocycles. The van der Waals surface area contributed by atoms with E-state index in [1.165, 1.54) is 19.4 Å². The maximum atomic E-state index is 12.6. The highest BCUT2D eigenvalue weighted by Crippen LogP contribution is 2.24. The summed E-state index contributed by atoms with van der Waals surface area (Å²) in [6, 6.07) is 8.41. The molecule has 0 aliphatic carbocycles. The molecule has 21 heavy (non-hydrogen) atoms. The first-order chi connectivity index (χ1) is 10.3. The van der Waals surface area contributed by atoms with Gasteiger partial charge in [-0.15, -0.1) is 0 Å². The number of nitrogens with zero attached hydrogens (tertiary/aromatic N) is 2. The van der Waals surface area contributed by atoms with E-state index in [0.717, 1.165) is 36.2 Å². The van der Waals surface area contributed by atoms with Gasteiger partial charge in [0.2, 0.25) is 0 Å². The lowest BCUT2D eigenvalue weighted by Crippen LogP contribution is -2.51. The van der Waals surface area contributed by atoms with Gasteiger partial charge in [-0.2, -0.15) is 0 Å². The molecule has 0 saturated carbocycles. The van der Waals surface area contributed by atoms with Crippen LogP contribution in [0.3, 0.4) is 0 Å². The van der Waals surface area contributed by atoms with E-state index in [2.05, 4.69) is 9.80 Å². The van der Waals surface area contributed by atoms with Crippen LogP contribution in [-0.4, -0.2) is 54.3 Å². The molecular weight excluding hydrogens is 264 g/mol. The molecule has 3 heterocycles. The Labute approximate surface area is 124 Å². The second-order valence-corrected chi connectivity index (χ2v) is 6.14. The molecule has 0 N–H and O–H groups in total. The van der Waals surface area contributed by atoms with E-state index < -0.39 is 0 Å². The van der Waals surface area contributed by atoms with Crippen LogP contribution in [0.1, 0.15) is 23.2 Å². The van der Waals surface area contributed by atoms with Crippen LogP contribution in [0.5, 0.6) is 0 Å². The molecule has 1 atom stereocenters. The Morgan fingerprint density at radius 3 is 3.10 bits per heavy atom. The predicted octanol–water partition coefficient (Wildman–Crippen LogP) is 2.40. The largest absolute Gasteiger partial charge is 0.464 e. The lowest BCUT2D eigenvalue weighted by atomic mass is 10.1. The minimum absolute atomic E-state index is 0.173. The van der Waals surface area contributed by atoms with Crippen LogP contribution >= 0.6 is 0 Å². The number of hydrogen-bond donors (Lipinski definition) is 0. The summed E-state index contributed by atoms with van der Waals surface area (Å²) >= 11 is 0. The molecule has 0 spiro atoms. The Kier molecular flexibility index (Phi) is 3.28. The molecular formula is C17H20N2O2. The highest BCUT2D eigenvalue weighted by atomic mass is 16.3. The van der Waals surface area contributed by atoms with Gasteiger partial charge in [-0.25, -0.2) is 0 Å². The molecule has 2 saturated heterocycles. The van der Waals surface area contributed by atoms with Gasteiger partial charge in [0.15, 0.2) is 5.78 Å². The topological polar surface area (TPSA) is 36.7 Å². The van der Waals surface area contributed by atoms with Crippen LogP contribution in [0.2, 0.25) is 0 Å². The average molecular weight is 284 g/mol. The molecule has 0 amide bonds. The number of para-hydroxylation sites is 1. The number of rotatable bonds is 3. The fourth-order valence-corrected chi connectivity index (χ4v) is 3.68. The highest BCUT2D eigenvalue weighted by molar-refractivity contribution is 6.08. The Hall–Kier alpha value is -1.65. The molecule has 2 aliphatic heterocycles. The van der Waals surface area contributed by atoms with Crippen LogP contribution in [0.25, 0.3) is 11.0 Å². The summed E-state index contributed by atoms with van der Waals surface area (Å²) in [5, 5.41) is 0.932. The van der Waals surface area contributed by atoms with Gasteiger partial charge >= 0.3 is 0 Å². The molecule has 4 heteroatoms. The van der Waals surface area contributed by atoms with Gasteiger partial charge in [0, 0.05) is 31.1 Å². The van der Waals surface area contributed by atoms with Crippen molar-refractivity contribution in [3.8, 4) is 0 Å². The van der Waals surface area contributed by atoms with E-state index in [9.17, 15) is 4.79 Å². The van der Waals surface area contributed by atoms with Crippen molar-refractivity contribution >= 4 is 16.8 Å². The van der Waals surface area contributed by atoms with E-state index in [-0.39, 0.29) is 5.78 Å². The van der Waals surface area contributed by atoms with Crippen molar-refractivity contribution in [3.63, 3.8) is 0 Å². The molecule has 1 unspecified atom stereocenters. The highest BCUT2D eigenvalue weighted by Gasteiger charge is 2.31. The molecule has 0 bridgehead atoms. The third-order valence-corrected chi connectivity index (χ3v) is 4.82. The van der Waals surface area contributed by atoms with Crippen molar-refractivity contribution in [2.45, 2.75) is 18.9 Å². The summed E-state index contributed by atoms with van der Waals surface area (Å²) in [5.41, 5.74) is 1.51. The number of ketones is 1. The van der Waals surface area contributed by atoms with Crippen molar-refractivity contribution < 1.29 is 9.21 Å². The predicted molar refractivity (Wildman–Crippen MR) is 81.6 cm³/mol. The Morgan fingerprint density at radius 1 is 1.24 bits per heavy atom. The SMILES string of the molecule is O=C(CN1CCN2CCCC2C1)c1coc2ccccc12. The smallest absolute Gasteiger partial charge is 0.180 e. The van der Waals surface area contributed by atoms with Gasteiger partial charge in [-0.3, -0.25) is 14.6 Å². The van der Waals surface area contributed by atoms with Gasteiger partial charge in [-0.1, -0.05) is 18.2 Å². The number of benzene rings is 1. The van der Waals surface area contributed by atoms with E-state index in [1.807, 2.05) is 24.3 Å². The average Bonchev–Trinajstić information content (AvgIpc) is 3.13. The standard InChI is InChI=1S/C17H20N2O2/c20-16(15-12-21-17-6-2-1-5-14(15)17)11-18-8-9-19-7-3-4-13(19)10-18/h1-2,5-6,12-13H,3-4,7-11H2. The van der Waals surface area contributed by atoms with Gasteiger partial charge in [0.1, 0.15) is 11.8 Å². The number of Topliss-reactive ketones (excluding diaryl/α,β-unsaturated/α-hetero) is 1. The molecule has 4 rings (SSSR count). The monoisotopic (exact) mass is 284 g/mol. The van der Waals surface area contributed by atoms with Crippen LogP contribution in [-0.2, 0) is 0 Å². The van der Waals surface area contributed by atoms with E-state index in [0.29, 0.717) is 12.6 Å². The Morgan fingerprint density at radius 2 is 2.14 bits per heavy atom. The Balaban J connectivity index is 1.48. The fraction of sp³-hybridized carbons (Fsp3) is 0.471. The molecule has 0 radical (unpaired) electrons. The minimum atomic E-state index is 0.173. The maximum Gasteiger partial charge on any atom is 0.180 e. The van der Waals surface area contributed by atoms with Gasteiger partial charge in [0.05, 0.1) is 12.1 Å². The fourth-order valence-electron chi connectivity index (χ4n) is 3.68. The zero-order valence-electron chi connectivity index (χ0n) is 12.1. The molecule has 110 valence electrons. The second-order valence-electron chi connectivity index (χ2n) is 6.14. The molecule has 1 aromatic heterocycles. The molecule has 4 nitrogen and oxygen atoms in total. The molecule has 2 aliphatic rings. The first-order valence-electron chi connectivity index (χ1n) is 7.77. The normalized spacial score (nSPS) is 23.5. The maximum absolute atomic E-state index is 12.6. The Bertz CT molecular complexity index is 664. The van der Waals surface area contributed by atoms with Gasteiger partial charge < -0.3 is 4.42 Å². The minimum Gasteiger partial charge on any atom is -0.464 e. The van der Waals surface area contributed by atoms with Crippen molar-refractivity contribution in [1.29, 1.82) is 0 Å². The summed E-state index contributed by atoms with van der Waals surface area (Å²) in [7, 11) is 0. The molecule has 2 fully saturated rings. The zero-order chi connectivity index (χ0) is 14.2. The van der Waals surface area contributed by atoms with E-state index in [4.69, 9.17) is 4.42 Å². The summed E-state index contributed by atoms with van der Waals surface area (Å²) in [6.45, 7) is 4.87. The zero-order valence-corrected chi connectivity index (χ0v) is 12.1. The second kappa shape index (κ2) is 5.28. The number of carbonyl (C=O) groups is 1. The summed E-state index contributed by atoms with van der Waals surface area (Å²) < 4.78 is 5.48. The number of carbonyl (C=O) groups excluding carboxylic acids is 1. The lowest BCUT2D eigenvalue weighted by molar-refractivity contribution is 0.0785. The lowest BCUT2D eigenvalue weighted by Gasteiger charge is -2.37. The quantitative estimate of drug-likeness (QED) is 0.811. The first kappa shape index (κ1) is 13.0. The number of hydrogen-bond acceptors (Lipinski definition) is 4. The van der Waals surface area contributed by atoms with Crippen LogP contribution < -0.4 is 0 Å². The van der Waals surface area contributed by atoms with Crippen molar-refractivity contribution in [2.75, 3.05) is 32.7 Å². The van der Waals surface area contributed by atoms with E-state index in [1.54, 1.807) is 6.26 Å².